The number of para-hydroxylation sites is 1. The third-order valence-electron chi connectivity index (χ3n) is 5.00. The summed E-state index contributed by atoms with van der Waals surface area (Å²) in [6.07, 6.45) is 5.55. The number of aryl methyl sites for hydroxylation is 1. The highest BCUT2D eigenvalue weighted by Crippen LogP contribution is 2.20. The van der Waals surface area contributed by atoms with Crippen molar-refractivity contribution in [2.45, 2.75) is 38.7 Å². The highest BCUT2D eigenvalue weighted by atomic mass is 16.3. The van der Waals surface area contributed by atoms with E-state index in [1.807, 2.05) is 17.9 Å². The average Bonchev–Trinajstić information content (AvgIpc) is 3.02. The molecule has 5 nitrogen and oxygen atoms in total. The average molecular weight is 329 g/mol. The molecule has 0 spiro atoms. The maximum atomic E-state index is 12.3. The van der Waals surface area contributed by atoms with Crippen LogP contribution in [0.1, 0.15) is 31.7 Å². The van der Waals surface area contributed by atoms with Crippen LogP contribution in [0.2, 0.25) is 0 Å². The smallest absolute Gasteiger partial charge is 0.317 e. The quantitative estimate of drug-likeness (QED) is 0.738. The van der Waals surface area contributed by atoms with Crippen molar-refractivity contribution in [3.63, 3.8) is 0 Å². The van der Waals surface area contributed by atoms with E-state index in [0.717, 1.165) is 37.7 Å². The third-order valence-corrected chi connectivity index (χ3v) is 5.00. The molecule has 3 N–H and O–H groups in total. The Bertz CT molecular complexity index is 680. The molecule has 0 radical (unpaired) electrons. The molecule has 1 aliphatic heterocycles. The molecule has 0 aliphatic carbocycles. The predicted molar refractivity (Wildman–Crippen MR) is 96.0 cm³/mol. The second-order valence-corrected chi connectivity index (χ2v) is 6.78. The molecule has 1 aromatic carbocycles. The monoisotopic (exact) mass is 329 g/mol. The molecule has 1 aliphatic rings. The second kappa shape index (κ2) is 7.71. The number of hydrogen-bond acceptors (Lipinski definition) is 2. The van der Waals surface area contributed by atoms with Crippen LogP contribution < -0.4 is 5.32 Å². The summed E-state index contributed by atoms with van der Waals surface area (Å²) in [7, 11) is 0. The van der Waals surface area contributed by atoms with Crippen LogP contribution in [-0.4, -0.2) is 46.8 Å². The van der Waals surface area contributed by atoms with E-state index in [9.17, 15) is 9.90 Å². The van der Waals surface area contributed by atoms with Crippen molar-refractivity contribution >= 4 is 16.9 Å². The van der Waals surface area contributed by atoms with Gasteiger partial charge in [-0.3, -0.25) is 0 Å². The van der Waals surface area contributed by atoms with E-state index in [1.165, 1.54) is 10.9 Å². The number of rotatable bonds is 5. The van der Waals surface area contributed by atoms with E-state index in [-0.39, 0.29) is 18.1 Å². The van der Waals surface area contributed by atoms with Crippen LogP contribution in [0.15, 0.2) is 30.5 Å². The zero-order valence-electron chi connectivity index (χ0n) is 14.3. The summed E-state index contributed by atoms with van der Waals surface area (Å²) in [6.45, 7) is 3.94. The molecular formula is C19H27N3O2. The second-order valence-electron chi connectivity index (χ2n) is 6.78. The number of aliphatic hydroxyl groups is 1. The van der Waals surface area contributed by atoms with Crippen LogP contribution in [-0.2, 0) is 6.42 Å². The van der Waals surface area contributed by atoms with Gasteiger partial charge in [-0.25, -0.2) is 4.79 Å². The lowest BCUT2D eigenvalue weighted by atomic mass is 9.94. The molecule has 1 saturated heterocycles. The minimum atomic E-state index is -0.345. The summed E-state index contributed by atoms with van der Waals surface area (Å²) in [4.78, 5) is 17.4. The summed E-state index contributed by atoms with van der Waals surface area (Å²) >= 11 is 0. The van der Waals surface area contributed by atoms with Crippen molar-refractivity contribution in [2.75, 3.05) is 19.6 Å². The number of aliphatic hydroxyl groups excluding tert-OH is 1. The molecule has 2 atom stereocenters. The Hall–Kier alpha value is -2.01. The van der Waals surface area contributed by atoms with E-state index in [4.69, 9.17) is 0 Å². The maximum Gasteiger partial charge on any atom is 0.317 e. The van der Waals surface area contributed by atoms with E-state index < -0.39 is 0 Å². The van der Waals surface area contributed by atoms with Gasteiger partial charge in [0.25, 0.3) is 0 Å². The van der Waals surface area contributed by atoms with Crippen molar-refractivity contribution in [3.05, 3.63) is 36.0 Å². The molecule has 24 heavy (non-hydrogen) atoms. The van der Waals surface area contributed by atoms with Gasteiger partial charge in [-0.2, -0.15) is 0 Å². The molecule has 2 amide bonds. The van der Waals surface area contributed by atoms with Crippen LogP contribution in [0.4, 0.5) is 4.79 Å². The number of piperidine rings is 1. The molecule has 5 heteroatoms. The number of benzene rings is 1. The van der Waals surface area contributed by atoms with E-state index in [2.05, 4.69) is 34.7 Å². The molecule has 1 aromatic heterocycles. The van der Waals surface area contributed by atoms with Crippen LogP contribution in [0.5, 0.6) is 0 Å². The summed E-state index contributed by atoms with van der Waals surface area (Å²) < 4.78 is 0. The first kappa shape index (κ1) is 16.8. The van der Waals surface area contributed by atoms with Gasteiger partial charge in [-0.1, -0.05) is 18.2 Å². The van der Waals surface area contributed by atoms with Crippen molar-refractivity contribution in [1.29, 1.82) is 0 Å². The number of carbonyl (C=O) groups is 1. The van der Waals surface area contributed by atoms with Crippen molar-refractivity contribution in [3.8, 4) is 0 Å². The van der Waals surface area contributed by atoms with Gasteiger partial charge in [0.1, 0.15) is 0 Å². The van der Waals surface area contributed by atoms with E-state index in [0.29, 0.717) is 13.1 Å². The Balaban J connectivity index is 1.44. The van der Waals surface area contributed by atoms with Gasteiger partial charge in [0.2, 0.25) is 0 Å². The summed E-state index contributed by atoms with van der Waals surface area (Å²) in [6, 6.07) is 8.29. The van der Waals surface area contributed by atoms with Crippen LogP contribution in [0.3, 0.4) is 0 Å². The standard InChI is InChI=1S/C19H27N3O2/c1-14(23)16-7-5-11-22(13-16)19(24)20-10-4-6-15-12-21-18-9-3-2-8-17(15)18/h2-3,8-9,12,14,16,21,23H,4-7,10-11,13H2,1H3,(H,20,24). The SMILES string of the molecule is CC(O)C1CCCN(C(=O)NCCCc2c[nH]c3ccccc23)C1. The first-order valence-electron chi connectivity index (χ1n) is 8.91. The van der Waals surface area contributed by atoms with Gasteiger partial charge < -0.3 is 20.3 Å². The maximum absolute atomic E-state index is 12.3. The number of hydrogen-bond donors (Lipinski definition) is 3. The number of urea groups is 1. The highest BCUT2D eigenvalue weighted by Gasteiger charge is 2.26. The molecule has 1 fully saturated rings. The molecule has 2 heterocycles. The van der Waals surface area contributed by atoms with Gasteiger partial charge in [0, 0.05) is 42.7 Å². The number of carbonyl (C=O) groups excluding carboxylic acids is 1. The van der Waals surface area contributed by atoms with Crippen LogP contribution >= 0.6 is 0 Å². The molecular weight excluding hydrogens is 302 g/mol. The fourth-order valence-electron chi connectivity index (χ4n) is 3.51. The van der Waals surface area contributed by atoms with E-state index in [1.54, 1.807) is 0 Å². The summed E-state index contributed by atoms with van der Waals surface area (Å²) in [5.74, 6) is 0.204. The zero-order valence-corrected chi connectivity index (χ0v) is 14.3. The van der Waals surface area contributed by atoms with Gasteiger partial charge in [0.05, 0.1) is 6.10 Å². The van der Waals surface area contributed by atoms with Gasteiger partial charge >= 0.3 is 6.03 Å². The summed E-state index contributed by atoms with van der Waals surface area (Å²) in [5.41, 5.74) is 2.46. The van der Waals surface area contributed by atoms with Crippen LogP contribution in [0.25, 0.3) is 10.9 Å². The Labute approximate surface area is 143 Å². The first-order valence-corrected chi connectivity index (χ1v) is 8.91. The highest BCUT2D eigenvalue weighted by molar-refractivity contribution is 5.83. The third kappa shape index (κ3) is 3.90. The van der Waals surface area contributed by atoms with E-state index >= 15 is 0 Å². The minimum absolute atomic E-state index is 0.000670. The first-order chi connectivity index (χ1) is 11.6. The number of H-pyrrole nitrogens is 1. The number of nitrogens with one attached hydrogen (secondary N) is 2. The lowest BCUT2D eigenvalue weighted by Gasteiger charge is -2.34. The number of amides is 2. The molecule has 3 rings (SSSR count). The van der Waals surface area contributed by atoms with Gasteiger partial charge in [0.15, 0.2) is 0 Å². The van der Waals surface area contributed by atoms with Crippen molar-refractivity contribution in [1.82, 2.24) is 15.2 Å². The lowest BCUT2D eigenvalue weighted by molar-refractivity contribution is 0.0739. The van der Waals surface area contributed by atoms with Crippen LogP contribution in [0, 0.1) is 5.92 Å². The number of nitrogens with zero attached hydrogens (tertiary/aromatic N) is 1. The van der Waals surface area contributed by atoms with Crippen molar-refractivity contribution in [2.24, 2.45) is 5.92 Å². The number of likely N-dealkylation sites (tertiary alicyclic amines) is 1. The predicted octanol–water partition coefficient (Wildman–Crippen LogP) is 2.90. The fraction of sp³-hybridized carbons (Fsp3) is 0.526. The Morgan fingerprint density at radius 1 is 1.46 bits per heavy atom. The largest absolute Gasteiger partial charge is 0.393 e. The normalized spacial score (nSPS) is 19.4. The lowest BCUT2D eigenvalue weighted by Crippen LogP contribution is -2.47. The Morgan fingerprint density at radius 2 is 2.29 bits per heavy atom. The zero-order chi connectivity index (χ0) is 16.9. The summed E-state index contributed by atoms with van der Waals surface area (Å²) in [5, 5.41) is 14.0. The van der Waals surface area contributed by atoms with Gasteiger partial charge in [-0.05, 0) is 44.2 Å². The number of fused-ring (bicyclic) bond motifs is 1. The Morgan fingerprint density at radius 3 is 3.12 bits per heavy atom. The topological polar surface area (TPSA) is 68.4 Å². The number of aromatic amines is 1. The minimum Gasteiger partial charge on any atom is -0.393 e. The molecule has 2 aromatic rings. The number of aromatic nitrogens is 1. The fourth-order valence-corrected chi connectivity index (χ4v) is 3.51. The molecule has 0 bridgehead atoms. The van der Waals surface area contributed by atoms with Gasteiger partial charge in [-0.15, -0.1) is 0 Å². The van der Waals surface area contributed by atoms with Crippen molar-refractivity contribution < 1.29 is 9.90 Å². The molecule has 130 valence electrons. The molecule has 0 saturated carbocycles. The molecule has 2 unspecified atom stereocenters. The Kier molecular flexibility index (Phi) is 5.41.